The molecule has 0 N–H and O–H groups in total. The molecule has 18 heavy (non-hydrogen) atoms. The van der Waals surface area contributed by atoms with Crippen molar-refractivity contribution in [1.29, 1.82) is 0 Å². The number of hydrogen-bond acceptors (Lipinski definition) is 3. The van der Waals surface area contributed by atoms with Crippen LogP contribution in [-0.4, -0.2) is 26.5 Å². The molecule has 0 saturated carbocycles. The lowest BCUT2D eigenvalue weighted by atomic mass is 9.87. The van der Waals surface area contributed by atoms with Gasteiger partial charge < -0.3 is 9.16 Å². The van der Waals surface area contributed by atoms with Crippen LogP contribution in [0.25, 0.3) is 0 Å². The van der Waals surface area contributed by atoms with Gasteiger partial charge in [-0.2, -0.15) is 0 Å². The van der Waals surface area contributed by atoms with Gasteiger partial charge >= 0.3 is 5.97 Å². The van der Waals surface area contributed by atoms with Gasteiger partial charge in [0.05, 0.1) is 12.0 Å². The van der Waals surface area contributed by atoms with Crippen LogP contribution >= 0.6 is 0 Å². The van der Waals surface area contributed by atoms with Gasteiger partial charge in [-0.05, 0) is 32.0 Å². The highest BCUT2D eigenvalue weighted by molar-refractivity contribution is 6.73. The molecule has 0 radical (unpaired) electrons. The van der Waals surface area contributed by atoms with Gasteiger partial charge in [-0.3, -0.25) is 4.79 Å². The summed E-state index contributed by atoms with van der Waals surface area (Å²) in [4.78, 5) is 11.8. The molecule has 1 heterocycles. The number of rotatable bonds is 5. The predicted octanol–water partition coefficient (Wildman–Crippen LogP) is 3.59. The fourth-order valence-electron chi connectivity index (χ4n) is 2.75. The van der Waals surface area contributed by atoms with Crippen molar-refractivity contribution < 1.29 is 14.0 Å². The summed E-state index contributed by atoms with van der Waals surface area (Å²) in [6.07, 6.45) is 0.00346. The minimum Gasteiger partial charge on any atom is -0.462 e. The number of carbonyl (C=O) groups excluding carboxylic acids is 1. The third kappa shape index (κ3) is 2.97. The number of carbonyl (C=O) groups is 1. The van der Waals surface area contributed by atoms with E-state index in [1.807, 2.05) is 13.8 Å². The molecule has 0 aromatic rings. The first-order valence-corrected chi connectivity index (χ1v) is 9.82. The molecule has 0 aromatic carbocycles. The van der Waals surface area contributed by atoms with Crippen molar-refractivity contribution in [2.75, 3.05) is 0 Å². The van der Waals surface area contributed by atoms with Crippen molar-refractivity contribution in [3.8, 4) is 0 Å². The highest BCUT2D eigenvalue weighted by Gasteiger charge is 2.44. The van der Waals surface area contributed by atoms with E-state index in [-0.39, 0.29) is 30.0 Å². The fraction of sp³-hybridized carbons (Fsp3) is 0.929. The molecule has 0 spiro atoms. The zero-order chi connectivity index (χ0) is 13.9. The van der Waals surface area contributed by atoms with Crippen molar-refractivity contribution in [2.24, 2.45) is 11.8 Å². The molecular formula is C14H28O3Si. The topological polar surface area (TPSA) is 35.5 Å². The monoisotopic (exact) mass is 272 g/mol. The predicted molar refractivity (Wildman–Crippen MR) is 76.0 cm³/mol. The molecule has 4 atom stereocenters. The average molecular weight is 272 g/mol. The first kappa shape index (κ1) is 15.7. The molecule has 1 saturated heterocycles. The lowest BCUT2D eigenvalue weighted by molar-refractivity contribution is -0.173. The molecule has 3 nitrogen and oxygen atoms in total. The Labute approximate surface area is 112 Å². The summed E-state index contributed by atoms with van der Waals surface area (Å²) < 4.78 is 11.9. The second-order valence-corrected chi connectivity index (χ2v) is 10.3. The normalized spacial score (nSPS) is 33.3. The molecular weight excluding hydrogens is 244 g/mol. The van der Waals surface area contributed by atoms with E-state index in [9.17, 15) is 4.79 Å². The lowest BCUT2D eigenvalue weighted by Gasteiger charge is -2.43. The summed E-state index contributed by atoms with van der Waals surface area (Å²) in [7, 11) is -1.66. The minimum atomic E-state index is -1.66. The van der Waals surface area contributed by atoms with E-state index in [0.29, 0.717) is 0 Å². The number of esters is 1. The van der Waals surface area contributed by atoms with Crippen molar-refractivity contribution >= 4 is 14.3 Å². The summed E-state index contributed by atoms with van der Waals surface area (Å²) in [6, 6.07) is 3.37. The Bertz CT molecular complexity index is 280. The van der Waals surface area contributed by atoms with Crippen LogP contribution in [0.15, 0.2) is 0 Å². The average Bonchev–Trinajstić information content (AvgIpc) is 2.38. The third-order valence-electron chi connectivity index (χ3n) is 4.74. The summed E-state index contributed by atoms with van der Waals surface area (Å²) >= 11 is 0. The van der Waals surface area contributed by atoms with E-state index in [1.165, 1.54) is 0 Å². The molecule has 1 aliphatic heterocycles. The van der Waals surface area contributed by atoms with Crippen molar-refractivity contribution in [2.45, 2.75) is 71.9 Å². The maximum absolute atomic E-state index is 11.8. The molecule has 0 bridgehead atoms. The Morgan fingerprint density at radius 2 is 1.61 bits per heavy atom. The van der Waals surface area contributed by atoms with Gasteiger partial charge in [0.1, 0.15) is 6.10 Å². The minimum absolute atomic E-state index is 0.0315. The quantitative estimate of drug-likeness (QED) is 0.567. The molecule has 4 heteroatoms. The fourth-order valence-corrected chi connectivity index (χ4v) is 5.75. The molecule has 0 aliphatic carbocycles. The molecule has 0 aromatic heterocycles. The van der Waals surface area contributed by atoms with Crippen molar-refractivity contribution in [3.05, 3.63) is 0 Å². The Hall–Kier alpha value is -0.353. The molecule has 1 aliphatic rings. The maximum Gasteiger partial charge on any atom is 0.311 e. The SMILES string of the molecule is CC[Si](CC)(CC)O[C@H]1[C@@H](C)[C@H](C)OC(=O)[C@@H]1C. The van der Waals surface area contributed by atoms with Gasteiger partial charge in [0, 0.05) is 5.92 Å². The van der Waals surface area contributed by atoms with Crippen molar-refractivity contribution in [1.82, 2.24) is 0 Å². The summed E-state index contributed by atoms with van der Waals surface area (Å²) in [5, 5.41) is 0. The molecule has 1 fully saturated rings. The third-order valence-corrected chi connectivity index (χ3v) is 9.38. The van der Waals surface area contributed by atoms with Gasteiger partial charge in [0.25, 0.3) is 0 Å². The first-order valence-electron chi connectivity index (χ1n) is 7.29. The molecule has 0 unspecified atom stereocenters. The number of hydrogen-bond donors (Lipinski definition) is 0. The maximum atomic E-state index is 11.8. The highest BCUT2D eigenvalue weighted by atomic mass is 28.4. The van der Waals surface area contributed by atoms with E-state index in [4.69, 9.17) is 9.16 Å². The summed E-state index contributed by atoms with van der Waals surface area (Å²) in [6.45, 7) is 12.7. The second-order valence-electron chi connectivity index (χ2n) is 5.62. The summed E-state index contributed by atoms with van der Waals surface area (Å²) in [5.41, 5.74) is 0. The number of ether oxygens (including phenoxy) is 1. The van der Waals surface area contributed by atoms with Crippen LogP contribution in [0.1, 0.15) is 41.5 Å². The van der Waals surface area contributed by atoms with Gasteiger partial charge in [0.2, 0.25) is 0 Å². The molecule has 106 valence electrons. The Balaban J connectivity index is 2.88. The zero-order valence-corrected chi connectivity index (χ0v) is 13.7. The Morgan fingerprint density at radius 1 is 1.11 bits per heavy atom. The zero-order valence-electron chi connectivity index (χ0n) is 12.7. The standard InChI is InChI=1S/C14H28O3Si/c1-7-18(8-2,9-3)17-13-10(4)12(6)16-14(15)11(13)5/h10-13H,7-9H2,1-6H3/t10-,11+,12-,13-/m0/s1. The van der Waals surface area contributed by atoms with Crippen molar-refractivity contribution in [3.63, 3.8) is 0 Å². The van der Waals surface area contributed by atoms with Crippen LogP contribution in [0.4, 0.5) is 0 Å². The van der Waals surface area contributed by atoms with Crippen LogP contribution < -0.4 is 0 Å². The smallest absolute Gasteiger partial charge is 0.311 e. The van der Waals surface area contributed by atoms with Crippen LogP contribution in [0.3, 0.4) is 0 Å². The Kier molecular flexibility index (Phi) is 5.41. The van der Waals surface area contributed by atoms with E-state index < -0.39 is 8.32 Å². The van der Waals surface area contributed by atoms with E-state index in [2.05, 4.69) is 27.7 Å². The van der Waals surface area contributed by atoms with Crippen LogP contribution in [0.5, 0.6) is 0 Å². The second kappa shape index (κ2) is 6.20. The summed E-state index contributed by atoms with van der Waals surface area (Å²) in [5.74, 6) is 0.0544. The molecule has 0 amide bonds. The van der Waals surface area contributed by atoms with Crippen LogP contribution in [-0.2, 0) is 14.0 Å². The Morgan fingerprint density at radius 3 is 2.06 bits per heavy atom. The van der Waals surface area contributed by atoms with Gasteiger partial charge in [-0.15, -0.1) is 0 Å². The van der Waals surface area contributed by atoms with Crippen LogP contribution in [0, 0.1) is 11.8 Å². The lowest BCUT2D eigenvalue weighted by Crippen LogP contribution is -2.52. The molecule has 1 rings (SSSR count). The van der Waals surface area contributed by atoms with Crippen LogP contribution in [0.2, 0.25) is 18.1 Å². The van der Waals surface area contributed by atoms with E-state index >= 15 is 0 Å². The number of cyclic esters (lactones) is 1. The first-order chi connectivity index (χ1) is 8.40. The van der Waals surface area contributed by atoms with E-state index in [1.54, 1.807) is 0 Å². The van der Waals surface area contributed by atoms with Gasteiger partial charge in [-0.25, -0.2) is 0 Å². The van der Waals surface area contributed by atoms with Gasteiger partial charge in [0.15, 0.2) is 8.32 Å². The highest BCUT2D eigenvalue weighted by Crippen LogP contribution is 2.34. The largest absolute Gasteiger partial charge is 0.462 e. The van der Waals surface area contributed by atoms with E-state index in [0.717, 1.165) is 18.1 Å². The van der Waals surface area contributed by atoms with Gasteiger partial charge in [-0.1, -0.05) is 27.7 Å².